The van der Waals surface area contributed by atoms with Crippen LogP contribution in [0.4, 0.5) is 10.1 Å². The average molecular weight is 391 g/mol. The van der Waals surface area contributed by atoms with Gasteiger partial charge in [-0.1, -0.05) is 12.1 Å². The molecule has 148 valence electrons. The van der Waals surface area contributed by atoms with Gasteiger partial charge >= 0.3 is 0 Å². The number of aromatic nitrogens is 1. The third-order valence-corrected chi connectivity index (χ3v) is 4.96. The molecule has 1 aliphatic rings. The molecule has 1 aliphatic heterocycles. The number of pyridine rings is 1. The van der Waals surface area contributed by atoms with Gasteiger partial charge in [-0.05, 0) is 53.1 Å². The Bertz CT molecular complexity index is 1040. The SMILES string of the molecule is CN1C(=O)Cc2cc(OCCNCc3cncc(-c4cccc(F)c4)c3)ccc21. The highest BCUT2D eigenvalue weighted by atomic mass is 19.1. The van der Waals surface area contributed by atoms with Crippen LogP contribution in [-0.2, 0) is 17.8 Å². The zero-order valence-electron chi connectivity index (χ0n) is 16.2. The van der Waals surface area contributed by atoms with Crippen LogP contribution in [0.3, 0.4) is 0 Å². The van der Waals surface area contributed by atoms with E-state index in [1.807, 2.05) is 30.3 Å². The molecule has 0 saturated heterocycles. The lowest BCUT2D eigenvalue weighted by Gasteiger charge is -2.12. The molecule has 1 amide bonds. The van der Waals surface area contributed by atoms with Crippen LogP contribution in [0.2, 0.25) is 0 Å². The second kappa shape index (κ2) is 8.41. The van der Waals surface area contributed by atoms with Crippen LogP contribution in [-0.4, -0.2) is 31.1 Å². The first-order valence-electron chi connectivity index (χ1n) is 9.53. The number of hydrogen-bond acceptors (Lipinski definition) is 4. The third-order valence-electron chi connectivity index (χ3n) is 4.96. The van der Waals surface area contributed by atoms with Crippen molar-refractivity contribution >= 4 is 11.6 Å². The van der Waals surface area contributed by atoms with Crippen molar-refractivity contribution in [1.82, 2.24) is 10.3 Å². The molecule has 2 heterocycles. The summed E-state index contributed by atoms with van der Waals surface area (Å²) in [6.07, 6.45) is 3.96. The zero-order chi connectivity index (χ0) is 20.2. The quantitative estimate of drug-likeness (QED) is 0.626. The van der Waals surface area contributed by atoms with Gasteiger partial charge in [0.1, 0.15) is 18.2 Å². The van der Waals surface area contributed by atoms with Crippen LogP contribution in [0.25, 0.3) is 11.1 Å². The highest BCUT2D eigenvalue weighted by Gasteiger charge is 2.23. The van der Waals surface area contributed by atoms with Crippen molar-refractivity contribution in [2.45, 2.75) is 13.0 Å². The van der Waals surface area contributed by atoms with Gasteiger partial charge in [0.2, 0.25) is 5.91 Å². The minimum Gasteiger partial charge on any atom is -0.492 e. The summed E-state index contributed by atoms with van der Waals surface area (Å²) in [5, 5.41) is 3.33. The van der Waals surface area contributed by atoms with E-state index in [0.717, 1.165) is 33.7 Å². The third kappa shape index (κ3) is 4.43. The summed E-state index contributed by atoms with van der Waals surface area (Å²) in [6.45, 7) is 1.82. The molecule has 2 aromatic carbocycles. The fourth-order valence-electron chi connectivity index (χ4n) is 3.42. The number of nitrogens with one attached hydrogen (secondary N) is 1. The van der Waals surface area contributed by atoms with E-state index >= 15 is 0 Å². The molecule has 3 aromatic rings. The van der Waals surface area contributed by atoms with E-state index in [1.54, 1.807) is 30.4 Å². The Balaban J connectivity index is 1.27. The van der Waals surface area contributed by atoms with Gasteiger partial charge in [-0.2, -0.15) is 0 Å². The van der Waals surface area contributed by atoms with E-state index in [0.29, 0.717) is 26.1 Å². The molecule has 0 radical (unpaired) electrons. The smallest absolute Gasteiger partial charge is 0.231 e. The molecule has 0 saturated carbocycles. The van der Waals surface area contributed by atoms with Gasteiger partial charge in [-0.15, -0.1) is 0 Å². The van der Waals surface area contributed by atoms with Crippen molar-refractivity contribution in [3.05, 3.63) is 77.9 Å². The molecule has 0 fully saturated rings. The van der Waals surface area contributed by atoms with Crippen LogP contribution >= 0.6 is 0 Å². The van der Waals surface area contributed by atoms with Crippen molar-refractivity contribution in [2.75, 3.05) is 25.1 Å². The average Bonchev–Trinajstić information content (AvgIpc) is 3.01. The van der Waals surface area contributed by atoms with E-state index in [1.165, 1.54) is 12.1 Å². The van der Waals surface area contributed by atoms with Crippen LogP contribution in [0.1, 0.15) is 11.1 Å². The number of fused-ring (bicyclic) bond motifs is 1. The van der Waals surface area contributed by atoms with Gasteiger partial charge < -0.3 is 15.0 Å². The highest BCUT2D eigenvalue weighted by Crippen LogP contribution is 2.30. The number of carbonyl (C=O) groups excluding carboxylic acids is 1. The Hall–Kier alpha value is -3.25. The van der Waals surface area contributed by atoms with Crippen molar-refractivity contribution in [3.63, 3.8) is 0 Å². The first-order chi connectivity index (χ1) is 14.1. The molecule has 1 aromatic heterocycles. The molecular weight excluding hydrogens is 369 g/mol. The van der Waals surface area contributed by atoms with Crippen molar-refractivity contribution < 1.29 is 13.9 Å². The number of amides is 1. The van der Waals surface area contributed by atoms with Gasteiger partial charge in [0.25, 0.3) is 0 Å². The number of anilines is 1. The highest BCUT2D eigenvalue weighted by molar-refractivity contribution is 6.01. The van der Waals surface area contributed by atoms with Gasteiger partial charge in [-0.3, -0.25) is 9.78 Å². The number of halogens is 1. The molecule has 0 bridgehead atoms. The molecule has 5 nitrogen and oxygen atoms in total. The molecule has 1 N–H and O–H groups in total. The van der Waals surface area contributed by atoms with Crippen molar-refractivity contribution in [1.29, 1.82) is 0 Å². The maximum absolute atomic E-state index is 13.4. The van der Waals surface area contributed by atoms with Crippen LogP contribution in [0.5, 0.6) is 5.75 Å². The second-order valence-corrected chi connectivity index (χ2v) is 7.04. The molecule has 0 aliphatic carbocycles. The van der Waals surface area contributed by atoms with Gasteiger partial charge in [0.05, 0.1) is 6.42 Å². The molecule has 0 atom stereocenters. The Kier molecular flexibility index (Phi) is 5.53. The number of hydrogen-bond donors (Lipinski definition) is 1. The summed E-state index contributed by atoms with van der Waals surface area (Å²) < 4.78 is 19.2. The first kappa shape index (κ1) is 19.1. The maximum atomic E-state index is 13.4. The van der Waals surface area contributed by atoms with Crippen LogP contribution < -0.4 is 15.0 Å². The van der Waals surface area contributed by atoms with E-state index in [2.05, 4.69) is 10.3 Å². The minimum atomic E-state index is -0.259. The van der Waals surface area contributed by atoms with Gasteiger partial charge in [-0.25, -0.2) is 4.39 Å². The Labute approximate surface area is 169 Å². The number of carbonyl (C=O) groups is 1. The van der Waals surface area contributed by atoms with E-state index in [4.69, 9.17) is 4.74 Å². The minimum absolute atomic E-state index is 0.105. The van der Waals surface area contributed by atoms with Crippen molar-refractivity contribution in [3.8, 4) is 16.9 Å². The number of benzene rings is 2. The Morgan fingerprint density at radius 1 is 1.14 bits per heavy atom. The van der Waals surface area contributed by atoms with E-state index in [9.17, 15) is 9.18 Å². The largest absolute Gasteiger partial charge is 0.492 e. The van der Waals surface area contributed by atoms with E-state index < -0.39 is 0 Å². The standard InChI is InChI=1S/C23H22FN3O2/c1-27-22-6-5-21(11-18(22)12-23(27)28)29-8-7-25-13-16-9-19(15-26-14-16)17-3-2-4-20(24)10-17/h2-6,9-11,14-15,25H,7-8,12-13H2,1H3. The van der Waals surface area contributed by atoms with Gasteiger partial charge in [0, 0.05) is 43.8 Å². The molecule has 4 rings (SSSR count). The summed E-state index contributed by atoms with van der Waals surface area (Å²) in [7, 11) is 1.79. The number of rotatable bonds is 7. The number of likely N-dealkylation sites (N-methyl/N-ethyl adjacent to an activating group) is 1. The predicted octanol–water partition coefficient (Wildman–Crippen LogP) is 3.58. The lowest BCUT2D eigenvalue weighted by molar-refractivity contribution is -0.117. The Morgan fingerprint density at radius 2 is 2.03 bits per heavy atom. The first-order valence-corrected chi connectivity index (χ1v) is 9.53. The zero-order valence-corrected chi connectivity index (χ0v) is 16.2. The normalized spacial score (nSPS) is 12.9. The molecule has 29 heavy (non-hydrogen) atoms. The second-order valence-electron chi connectivity index (χ2n) is 7.04. The fraction of sp³-hybridized carbons (Fsp3) is 0.217. The molecule has 0 unspecified atom stereocenters. The fourth-order valence-corrected chi connectivity index (χ4v) is 3.42. The monoisotopic (exact) mass is 391 g/mol. The Morgan fingerprint density at radius 3 is 2.90 bits per heavy atom. The van der Waals surface area contributed by atoms with Crippen molar-refractivity contribution in [2.24, 2.45) is 0 Å². The molecular formula is C23H22FN3O2. The summed E-state index contributed by atoms with van der Waals surface area (Å²) >= 11 is 0. The number of nitrogens with zero attached hydrogens (tertiary/aromatic N) is 2. The lowest BCUT2D eigenvalue weighted by atomic mass is 10.1. The summed E-state index contributed by atoms with van der Waals surface area (Å²) in [5.41, 5.74) is 4.67. The molecule has 6 heteroatoms. The maximum Gasteiger partial charge on any atom is 0.231 e. The van der Waals surface area contributed by atoms with Gasteiger partial charge in [0.15, 0.2) is 0 Å². The number of ether oxygens (including phenoxy) is 1. The molecule has 0 spiro atoms. The topological polar surface area (TPSA) is 54.5 Å². The van der Waals surface area contributed by atoms with E-state index in [-0.39, 0.29) is 11.7 Å². The summed E-state index contributed by atoms with van der Waals surface area (Å²) in [4.78, 5) is 17.7. The van der Waals surface area contributed by atoms with Crippen LogP contribution in [0.15, 0.2) is 60.9 Å². The summed E-state index contributed by atoms with van der Waals surface area (Å²) in [5.74, 6) is 0.613. The van der Waals surface area contributed by atoms with Crippen LogP contribution in [0, 0.1) is 5.82 Å². The lowest BCUT2D eigenvalue weighted by Crippen LogP contribution is -2.20. The summed E-state index contributed by atoms with van der Waals surface area (Å²) in [6, 6.07) is 14.2. The predicted molar refractivity (Wildman–Crippen MR) is 110 cm³/mol.